The zero-order valence-electron chi connectivity index (χ0n) is 5.81. The maximum Gasteiger partial charge on any atom is 0.337 e. The number of nitrogens with zero attached hydrogens (tertiary/aromatic N) is 2. The molecule has 0 atom stereocenters. The van der Waals surface area contributed by atoms with Gasteiger partial charge in [0.05, 0.1) is 18.0 Å². The Morgan fingerprint density at radius 3 is 2.36 bits per heavy atom. The van der Waals surface area contributed by atoms with E-state index < -0.39 is 5.97 Å². The van der Waals surface area contributed by atoms with Crippen LogP contribution in [-0.2, 0) is 0 Å². The number of aromatic nitrogens is 2. The van der Waals surface area contributed by atoms with Crippen molar-refractivity contribution < 1.29 is 9.90 Å². The Hall–Kier alpha value is -1.16. The summed E-state index contributed by atoms with van der Waals surface area (Å²) < 4.78 is 0. The van der Waals surface area contributed by atoms with Gasteiger partial charge in [-0.2, -0.15) is 10.2 Å². The molecular formula is C6H7ClN2O2. The molecule has 60 valence electrons. The highest BCUT2D eigenvalue weighted by atomic mass is 35.5. The summed E-state index contributed by atoms with van der Waals surface area (Å²) in [4.78, 5) is 10.4. The fourth-order valence-corrected chi connectivity index (χ4v) is 0.606. The molecule has 4 nitrogen and oxygen atoms in total. The Morgan fingerprint density at radius 2 is 2.00 bits per heavy atom. The fraction of sp³-hybridized carbons (Fsp3) is 0.167. The first-order valence-electron chi connectivity index (χ1n) is 2.72. The number of aryl methyl sites for hydroxylation is 1. The molecule has 11 heavy (non-hydrogen) atoms. The van der Waals surface area contributed by atoms with Crippen LogP contribution in [0.1, 0.15) is 15.9 Å². The lowest BCUT2D eigenvalue weighted by molar-refractivity contribution is 0.0695. The van der Waals surface area contributed by atoms with Gasteiger partial charge in [-0.25, -0.2) is 4.79 Å². The smallest absolute Gasteiger partial charge is 0.337 e. The first-order chi connectivity index (χ1) is 4.72. The lowest BCUT2D eigenvalue weighted by Gasteiger charge is -1.94. The summed E-state index contributed by atoms with van der Waals surface area (Å²) in [5.41, 5.74) is 0.831. The van der Waals surface area contributed by atoms with E-state index in [1.807, 2.05) is 0 Å². The van der Waals surface area contributed by atoms with Crippen LogP contribution in [0.4, 0.5) is 0 Å². The van der Waals surface area contributed by atoms with Crippen LogP contribution < -0.4 is 0 Å². The van der Waals surface area contributed by atoms with Crippen LogP contribution in [0.25, 0.3) is 0 Å². The van der Waals surface area contributed by atoms with Gasteiger partial charge in [0.25, 0.3) is 0 Å². The molecule has 0 bridgehead atoms. The Labute approximate surface area is 69.7 Å². The largest absolute Gasteiger partial charge is 0.478 e. The molecule has 1 aromatic heterocycles. The molecule has 0 aromatic carbocycles. The molecule has 0 fully saturated rings. The van der Waals surface area contributed by atoms with E-state index >= 15 is 0 Å². The molecule has 0 amide bonds. The van der Waals surface area contributed by atoms with Crippen molar-refractivity contribution in [3.8, 4) is 0 Å². The van der Waals surface area contributed by atoms with Crippen molar-refractivity contribution in [1.29, 1.82) is 0 Å². The van der Waals surface area contributed by atoms with Crippen molar-refractivity contribution in [3.63, 3.8) is 0 Å². The lowest BCUT2D eigenvalue weighted by atomic mass is 10.2. The summed E-state index contributed by atoms with van der Waals surface area (Å²) >= 11 is 0. The lowest BCUT2D eigenvalue weighted by Crippen LogP contribution is -2.00. The fourth-order valence-electron chi connectivity index (χ4n) is 0.606. The average molecular weight is 175 g/mol. The molecule has 0 spiro atoms. The van der Waals surface area contributed by atoms with Crippen molar-refractivity contribution >= 4 is 18.4 Å². The minimum absolute atomic E-state index is 0. The van der Waals surface area contributed by atoms with Crippen molar-refractivity contribution in [2.45, 2.75) is 6.92 Å². The van der Waals surface area contributed by atoms with Crippen LogP contribution in [0.3, 0.4) is 0 Å². The van der Waals surface area contributed by atoms with Crippen molar-refractivity contribution in [2.75, 3.05) is 0 Å². The first-order valence-corrected chi connectivity index (χ1v) is 2.72. The van der Waals surface area contributed by atoms with Crippen LogP contribution in [-0.4, -0.2) is 21.3 Å². The third-order valence-corrected chi connectivity index (χ3v) is 1.16. The molecule has 0 aliphatic carbocycles. The van der Waals surface area contributed by atoms with E-state index in [1.54, 1.807) is 6.92 Å². The maximum atomic E-state index is 10.4. The number of carboxylic acids is 1. The van der Waals surface area contributed by atoms with E-state index in [0.29, 0.717) is 5.56 Å². The zero-order chi connectivity index (χ0) is 7.56. The predicted molar refractivity (Wildman–Crippen MR) is 41.0 cm³/mol. The SMILES string of the molecule is Cc1cnncc1C(=O)O.Cl. The van der Waals surface area contributed by atoms with E-state index in [2.05, 4.69) is 10.2 Å². The molecule has 0 aliphatic rings. The van der Waals surface area contributed by atoms with Crippen LogP contribution in [0.5, 0.6) is 0 Å². The summed E-state index contributed by atoms with van der Waals surface area (Å²) in [5, 5.41) is 15.4. The molecular weight excluding hydrogens is 168 g/mol. The summed E-state index contributed by atoms with van der Waals surface area (Å²) in [7, 11) is 0. The molecule has 0 unspecified atom stereocenters. The second-order valence-electron chi connectivity index (χ2n) is 1.89. The minimum Gasteiger partial charge on any atom is -0.478 e. The second-order valence-corrected chi connectivity index (χ2v) is 1.89. The van der Waals surface area contributed by atoms with Crippen LogP contribution in [0.15, 0.2) is 12.4 Å². The van der Waals surface area contributed by atoms with Gasteiger partial charge in [0.2, 0.25) is 0 Å². The number of halogens is 1. The zero-order valence-corrected chi connectivity index (χ0v) is 6.63. The number of hydrogen-bond donors (Lipinski definition) is 1. The van der Waals surface area contributed by atoms with Crippen LogP contribution >= 0.6 is 12.4 Å². The maximum absolute atomic E-state index is 10.4. The Morgan fingerprint density at radius 1 is 1.45 bits per heavy atom. The van der Waals surface area contributed by atoms with E-state index in [1.165, 1.54) is 12.4 Å². The quantitative estimate of drug-likeness (QED) is 0.687. The first kappa shape index (κ1) is 9.84. The van der Waals surface area contributed by atoms with Gasteiger partial charge in [0.1, 0.15) is 0 Å². The Kier molecular flexibility index (Phi) is 3.47. The van der Waals surface area contributed by atoms with Crippen molar-refractivity contribution in [2.24, 2.45) is 0 Å². The topological polar surface area (TPSA) is 63.1 Å². The highest BCUT2D eigenvalue weighted by molar-refractivity contribution is 5.88. The number of carbonyl (C=O) groups is 1. The summed E-state index contributed by atoms with van der Waals surface area (Å²) in [5.74, 6) is -0.965. The Bertz CT molecular complexity index is 265. The predicted octanol–water partition coefficient (Wildman–Crippen LogP) is 0.905. The second kappa shape index (κ2) is 3.88. The molecule has 1 N–H and O–H groups in total. The molecule has 0 radical (unpaired) electrons. The van der Waals surface area contributed by atoms with Gasteiger partial charge in [-0.05, 0) is 12.5 Å². The minimum atomic E-state index is -0.965. The van der Waals surface area contributed by atoms with Gasteiger partial charge in [0, 0.05) is 0 Å². The van der Waals surface area contributed by atoms with Gasteiger partial charge < -0.3 is 5.11 Å². The molecule has 0 saturated carbocycles. The number of aromatic carboxylic acids is 1. The number of rotatable bonds is 1. The molecule has 1 rings (SSSR count). The highest BCUT2D eigenvalue weighted by Crippen LogP contribution is 2.01. The summed E-state index contributed by atoms with van der Waals surface area (Å²) in [6.45, 7) is 1.68. The molecule has 5 heteroatoms. The van der Waals surface area contributed by atoms with Gasteiger partial charge in [-0.1, -0.05) is 0 Å². The third-order valence-electron chi connectivity index (χ3n) is 1.16. The highest BCUT2D eigenvalue weighted by Gasteiger charge is 2.04. The molecule has 1 aromatic rings. The van der Waals surface area contributed by atoms with Crippen molar-refractivity contribution in [3.05, 3.63) is 23.5 Å². The van der Waals surface area contributed by atoms with Gasteiger partial charge in [-0.15, -0.1) is 12.4 Å². The monoisotopic (exact) mass is 174 g/mol. The normalized spacial score (nSPS) is 8.45. The summed E-state index contributed by atoms with van der Waals surface area (Å²) in [6, 6.07) is 0. The third kappa shape index (κ3) is 2.16. The summed E-state index contributed by atoms with van der Waals surface area (Å²) in [6.07, 6.45) is 2.65. The number of hydrogen-bond acceptors (Lipinski definition) is 3. The molecule has 1 heterocycles. The van der Waals surface area contributed by atoms with E-state index in [4.69, 9.17) is 5.11 Å². The molecule has 0 aliphatic heterocycles. The van der Waals surface area contributed by atoms with Crippen LogP contribution in [0, 0.1) is 6.92 Å². The van der Waals surface area contributed by atoms with Crippen molar-refractivity contribution in [1.82, 2.24) is 10.2 Å². The Balaban J connectivity index is 0.000001000. The molecule has 0 saturated heterocycles. The van der Waals surface area contributed by atoms with E-state index in [-0.39, 0.29) is 18.0 Å². The van der Waals surface area contributed by atoms with Gasteiger partial charge in [0.15, 0.2) is 0 Å². The standard InChI is InChI=1S/C6H6N2O2.ClH/c1-4-2-7-8-3-5(4)6(9)10;/h2-3H,1H3,(H,9,10);1H. The van der Waals surface area contributed by atoms with Gasteiger partial charge >= 0.3 is 5.97 Å². The van der Waals surface area contributed by atoms with E-state index in [0.717, 1.165) is 0 Å². The van der Waals surface area contributed by atoms with Crippen LogP contribution in [0.2, 0.25) is 0 Å². The van der Waals surface area contributed by atoms with Gasteiger partial charge in [-0.3, -0.25) is 0 Å². The number of carboxylic acid groups (broad SMARTS) is 1. The van der Waals surface area contributed by atoms with E-state index in [9.17, 15) is 4.79 Å². The average Bonchev–Trinajstić information content (AvgIpc) is 1.88.